The molecule has 0 spiro atoms. The zero-order valence-electron chi connectivity index (χ0n) is 17.7. The molecule has 0 aromatic carbocycles. The van der Waals surface area contributed by atoms with Gasteiger partial charge in [0.05, 0.1) is 11.2 Å². The number of fused-ring (bicyclic) bond motifs is 1. The van der Waals surface area contributed by atoms with Gasteiger partial charge in [0.15, 0.2) is 0 Å². The van der Waals surface area contributed by atoms with Gasteiger partial charge in [0, 0.05) is 18.0 Å². The minimum atomic E-state index is -1.32. The van der Waals surface area contributed by atoms with E-state index in [2.05, 4.69) is 21.8 Å². The van der Waals surface area contributed by atoms with Crippen LogP contribution in [-0.2, 0) is 14.1 Å². The molecule has 1 N–H and O–H groups in total. The van der Waals surface area contributed by atoms with Crippen LogP contribution in [0.3, 0.4) is 0 Å². The molecule has 1 saturated carbocycles. The summed E-state index contributed by atoms with van der Waals surface area (Å²) in [5.41, 5.74) is 7.03. The lowest BCUT2D eigenvalue weighted by Gasteiger charge is -2.32. The Labute approximate surface area is 167 Å². The smallest absolute Gasteiger partial charge is 0.457 e. The van der Waals surface area contributed by atoms with Gasteiger partial charge in [-0.3, -0.25) is 4.79 Å². The number of aliphatic carboxylic acids is 1. The lowest BCUT2D eigenvalue weighted by molar-refractivity contribution is -0.145. The summed E-state index contributed by atoms with van der Waals surface area (Å²) in [6.45, 7) is 13.0. The largest absolute Gasteiger partial charge is 0.481 e. The molecule has 3 aliphatic rings. The van der Waals surface area contributed by atoms with Crippen molar-refractivity contribution >= 4 is 13.1 Å². The summed E-state index contributed by atoms with van der Waals surface area (Å²) in [5.74, 6) is -0.587. The van der Waals surface area contributed by atoms with Crippen molar-refractivity contribution in [2.45, 2.75) is 76.9 Å². The zero-order valence-corrected chi connectivity index (χ0v) is 17.7. The van der Waals surface area contributed by atoms with Crippen molar-refractivity contribution in [3.05, 3.63) is 10.4 Å². The van der Waals surface area contributed by atoms with Gasteiger partial charge in [-0.1, -0.05) is 18.5 Å². The number of likely N-dealkylation sites (tertiary alicyclic amines) is 1. The van der Waals surface area contributed by atoms with Crippen molar-refractivity contribution in [3.63, 3.8) is 0 Å². The standard InChI is InChI=1S/C19H33BN4O4/c1-6-24-11-13-10-19(16(25)26,22-23-21)15(14(13)12-24)8-7-9-20-27-17(2,3)18(4,5)28-20/h13-15H,6-12H2,1-5H3,(H,25,26)/t13-,14+,15-,19-/m0/s1. The first-order valence-electron chi connectivity index (χ1n) is 10.4. The first-order chi connectivity index (χ1) is 13.1. The summed E-state index contributed by atoms with van der Waals surface area (Å²) in [7, 11) is -0.281. The van der Waals surface area contributed by atoms with E-state index in [1.807, 2.05) is 27.7 Å². The Kier molecular flexibility index (Phi) is 5.76. The molecule has 0 radical (unpaired) electrons. The summed E-state index contributed by atoms with van der Waals surface area (Å²) in [4.78, 5) is 17.5. The molecule has 28 heavy (non-hydrogen) atoms. The maximum atomic E-state index is 12.2. The van der Waals surface area contributed by atoms with Crippen LogP contribution in [0.1, 0.15) is 53.9 Å². The lowest BCUT2D eigenvalue weighted by atomic mass is 9.75. The first-order valence-corrected chi connectivity index (χ1v) is 10.4. The van der Waals surface area contributed by atoms with Crippen molar-refractivity contribution < 1.29 is 19.2 Å². The van der Waals surface area contributed by atoms with Gasteiger partial charge in [0.25, 0.3) is 0 Å². The lowest BCUT2D eigenvalue weighted by Crippen LogP contribution is -2.43. The molecule has 3 rings (SSSR count). The third-order valence-corrected chi connectivity index (χ3v) is 7.57. The van der Waals surface area contributed by atoms with Gasteiger partial charge < -0.3 is 19.3 Å². The van der Waals surface area contributed by atoms with E-state index in [1.54, 1.807) is 0 Å². The summed E-state index contributed by atoms with van der Waals surface area (Å²) >= 11 is 0. The molecule has 0 aromatic rings. The van der Waals surface area contributed by atoms with Crippen LogP contribution in [0.5, 0.6) is 0 Å². The van der Waals surface area contributed by atoms with Crippen molar-refractivity contribution in [2.24, 2.45) is 22.9 Å². The predicted octanol–water partition coefficient (Wildman–Crippen LogP) is 3.58. The highest BCUT2D eigenvalue weighted by atomic mass is 16.7. The number of carboxylic acids is 1. The Morgan fingerprint density at radius 2 is 1.93 bits per heavy atom. The second kappa shape index (κ2) is 7.52. The van der Waals surface area contributed by atoms with Crippen LogP contribution in [0.25, 0.3) is 10.4 Å². The highest BCUT2D eigenvalue weighted by Crippen LogP contribution is 2.52. The molecule has 156 valence electrons. The second-order valence-electron chi connectivity index (χ2n) is 9.62. The number of carbonyl (C=O) groups is 1. The Hall–Kier alpha value is -1.28. The fourth-order valence-electron chi connectivity index (χ4n) is 5.35. The van der Waals surface area contributed by atoms with E-state index in [-0.39, 0.29) is 36.1 Å². The van der Waals surface area contributed by atoms with Crippen LogP contribution in [0.4, 0.5) is 0 Å². The van der Waals surface area contributed by atoms with Gasteiger partial charge in [-0.2, -0.15) is 0 Å². The molecule has 8 nitrogen and oxygen atoms in total. The van der Waals surface area contributed by atoms with Crippen LogP contribution in [0.2, 0.25) is 6.32 Å². The van der Waals surface area contributed by atoms with E-state index in [0.717, 1.165) is 26.1 Å². The zero-order chi connectivity index (χ0) is 20.7. The van der Waals surface area contributed by atoms with E-state index in [1.165, 1.54) is 0 Å². The fourth-order valence-corrected chi connectivity index (χ4v) is 5.35. The third kappa shape index (κ3) is 3.54. The van der Waals surface area contributed by atoms with E-state index in [9.17, 15) is 9.90 Å². The van der Waals surface area contributed by atoms with E-state index < -0.39 is 11.5 Å². The van der Waals surface area contributed by atoms with E-state index in [4.69, 9.17) is 14.8 Å². The van der Waals surface area contributed by atoms with Gasteiger partial charge in [0.2, 0.25) is 0 Å². The SMILES string of the molecule is CCN1C[C@@H]2C[C@@](N=[N+]=[N-])(C(=O)O)[C@@H](CCCB3OC(C)(C)C(C)(C)O3)[C@@H]2C1. The molecule has 0 aromatic heterocycles. The number of rotatable bonds is 7. The molecule has 1 aliphatic carbocycles. The molecule has 2 aliphatic heterocycles. The molecule has 2 heterocycles. The van der Waals surface area contributed by atoms with Crippen LogP contribution in [0, 0.1) is 17.8 Å². The molecule has 9 heteroatoms. The summed E-state index contributed by atoms with van der Waals surface area (Å²) in [6.07, 6.45) is 2.64. The Bertz CT molecular complexity index is 646. The van der Waals surface area contributed by atoms with Gasteiger partial charge in [0.1, 0.15) is 5.54 Å². The maximum Gasteiger partial charge on any atom is 0.457 e. The normalized spacial score (nSPS) is 36.3. The van der Waals surface area contributed by atoms with Crippen molar-refractivity contribution in [1.29, 1.82) is 0 Å². The van der Waals surface area contributed by atoms with E-state index >= 15 is 0 Å². The molecule has 4 atom stereocenters. The van der Waals surface area contributed by atoms with E-state index in [0.29, 0.717) is 19.2 Å². The maximum absolute atomic E-state index is 12.2. The fraction of sp³-hybridized carbons (Fsp3) is 0.947. The number of hydrogen-bond donors (Lipinski definition) is 1. The van der Waals surface area contributed by atoms with Crippen LogP contribution < -0.4 is 0 Å². The van der Waals surface area contributed by atoms with Crippen LogP contribution in [0.15, 0.2) is 5.11 Å². The predicted molar refractivity (Wildman–Crippen MR) is 107 cm³/mol. The average Bonchev–Trinajstić information content (AvgIpc) is 3.17. The number of carboxylic acid groups (broad SMARTS) is 1. The number of hydrogen-bond acceptors (Lipinski definition) is 5. The van der Waals surface area contributed by atoms with Crippen molar-refractivity contribution in [1.82, 2.24) is 4.90 Å². The second-order valence-corrected chi connectivity index (χ2v) is 9.62. The Morgan fingerprint density at radius 1 is 1.29 bits per heavy atom. The average molecular weight is 392 g/mol. The van der Waals surface area contributed by atoms with Gasteiger partial charge in [-0.25, -0.2) is 0 Å². The topological polar surface area (TPSA) is 108 Å². The highest BCUT2D eigenvalue weighted by Gasteiger charge is 2.59. The minimum Gasteiger partial charge on any atom is -0.481 e. The van der Waals surface area contributed by atoms with Gasteiger partial charge in [-0.05, 0) is 76.7 Å². The molecular formula is C19H33BN4O4. The summed E-state index contributed by atoms with van der Waals surface area (Å²) < 4.78 is 12.1. The number of azide groups is 1. The third-order valence-electron chi connectivity index (χ3n) is 7.57. The van der Waals surface area contributed by atoms with Crippen LogP contribution in [-0.4, -0.2) is 59.5 Å². The molecule has 2 saturated heterocycles. The molecule has 0 unspecified atom stereocenters. The minimum absolute atomic E-state index is 0.148. The molecule has 3 fully saturated rings. The van der Waals surface area contributed by atoms with Gasteiger partial charge >= 0.3 is 13.1 Å². The van der Waals surface area contributed by atoms with Gasteiger partial charge in [-0.15, -0.1) is 0 Å². The Morgan fingerprint density at radius 3 is 2.46 bits per heavy atom. The Balaban J connectivity index is 1.70. The number of nitrogens with zero attached hydrogens (tertiary/aromatic N) is 4. The summed E-state index contributed by atoms with van der Waals surface area (Å²) in [5, 5.41) is 13.8. The monoisotopic (exact) mass is 392 g/mol. The van der Waals surface area contributed by atoms with Crippen LogP contribution >= 0.6 is 0 Å². The molecule has 0 bridgehead atoms. The van der Waals surface area contributed by atoms with Crippen molar-refractivity contribution in [3.8, 4) is 0 Å². The molecular weight excluding hydrogens is 359 g/mol. The highest BCUT2D eigenvalue weighted by molar-refractivity contribution is 6.45. The first kappa shape index (κ1) is 21.4. The van der Waals surface area contributed by atoms with Crippen molar-refractivity contribution in [2.75, 3.05) is 19.6 Å². The quantitative estimate of drug-likeness (QED) is 0.308. The summed E-state index contributed by atoms with van der Waals surface area (Å²) in [6, 6.07) is 0. The molecule has 0 amide bonds.